The Hall–Kier alpha value is -1.83. The molecule has 0 bridgehead atoms. The van der Waals surface area contributed by atoms with Crippen LogP contribution >= 0.6 is 24.0 Å². The van der Waals surface area contributed by atoms with Crippen LogP contribution in [-0.4, -0.2) is 31.1 Å². The van der Waals surface area contributed by atoms with Crippen LogP contribution in [0.15, 0.2) is 41.5 Å². The van der Waals surface area contributed by atoms with E-state index in [2.05, 4.69) is 69.7 Å². The van der Waals surface area contributed by atoms with Crippen molar-refractivity contribution in [3.05, 3.63) is 58.8 Å². The third kappa shape index (κ3) is 6.09. The monoisotopic (exact) mass is 479 g/mol. The number of nitrogens with one attached hydrogen (secondary N) is 2. The van der Waals surface area contributed by atoms with Gasteiger partial charge in [0.25, 0.3) is 0 Å². The van der Waals surface area contributed by atoms with Gasteiger partial charge < -0.3 is 15.5 Å². The number of halogens is 1. The minimum atomic E-state index is 0. The predicted octanol–water partition coefficient (Wildman–Crippen LogP) is 3.78. The highest BCUT2D eigenvalue weighted by Gasteiger charge is 2.12. The molecule has 1 aromatic heterocycles. The van der Waals surface area contributed by atoms with E-state index in [1.54, 1.807) is 7.05 Å². The van der Waals surface area contributed by atoms with Crippen LogP contribution < -0.4 is 15.5 Å². The van der Waals surface area contributed by atoms with E-state index in [0.717, 1.165) is 37.0 Å². The van der Waals surface area contributed by atoms with Gasteiger partial charge in [0.2, 0.25) is 0 Å². The SMILES string of the molecule is CN=C(NCc1ccc(N2CCCC2)nc1)NCc1ccc(C)cc1C.I. The first-order chi connectivity index (χ1) is 12.7. The van der Waals surface area contributed by atoms with Crippen molar-refractivity contribution >= 4 is 35.8 Å². The van der Waals surface area contributed by atoms with E-state index < -0.39 is 0 Å². The first-order valence-corrected chi connectivity index (χ1v) is 9.36. The number of nitrogens with zero attached hydrogens (tertiary/aromatic N) is 3. The fourth-order valence-corrected chi connectivity index (χ4v) is 3.28. The molecule has 0 radical (unpaired) electrons. The van der Waals surface area contributed by atoms with Gasteiger partial charge in [0.1, 0.15) is 5.82 Å². The molecule has 0 saturated carbocycles. The van der Waals surface area contributed by atoms with Crippen LogP contribution in [-0.2, 0) is 13.1 Å². The molecule has 27 heavy (non-hydrogen) atoms. The molecule has 1 aliphatic heterocycles. The second-order valence-corrected chi connectivity index (χ2v) is 6.93. The van der Waals surface area contributed by atoms with Crippen molar-refractivity contribution < 1.29 is 0 Å². The third-order valence-electron chi connectivity index (χ3n) is 4.87. The van der Waals surface area contributed by atoms with Crippen LogP contribution in [0.4, 0.5) is 5.82 Å². The topological polar surface area (TPSA) is 52.6 Å². The summed E-state index contributed by atoms with van der Waals surface area (Å²) >= 11 is 0. The van der Waals surface area contributed by atoms with Gasteiger partial charge in [-0.15, -0.1) is 24.0 Å². The van der Waals surface area contributed by atoms with Gasteiger partial charge in [0, 0.05) is 39.4 Å². The number of rotatable bonds is 5. The maximum atomic E-state index is 4.60. The van der Waals surface area contributed by atoms with Crippen LogP contribution in [0.1, 0.15) is 35.1 Å². The van der Waals surface area contributed by atoms with Gasteiger partial charge in [-0.05, 0) is 49.4 Å². The van der Waals surface area contributed by atoms with Crippen molar-refractivity contribution in [3.63, 3.8) is 0 Å². The smallest absolute Gasteiger partial charge is 0.191 e. The summed E-state index contributed by atoms with van der Waals surface area (Å²) < 4.78 is 0. The number of aryl methyl sites for hydroxylation is 2. The highest BCUT2D eigenvalue weighted by Crippen LogP contribution is 2.17. The second-order valence-electron chi connectivity index (χ2n) is 6.93. The summed E-state index contributed by atoms with van der Waals surface area (Å²) in [5, 5.41) is 6.74. The molecule has 5 nitrogen and oxygen atoms in total. The molecule has 0 aliphatic carbocycles. The lowest BCUT2D eigenvalue weighted by atomic mass is 10.1. The molecule has 1 fully saturated rings. The van der Waals surface area contributed by atoms with Gasteiger partial charge in [-0.1, -0.05) is 29.8 Å². The van der Waals surface area contributed by atoms with Crippen molar-refractivity contribution in [3.8, 4) is 0 Å². The van der Waals surface area contributed by atoms with Crippen molar-refractivity contribution in [1.82, 2.24) is 15.6 Å². The van der Waals surface area contributed by atoms with E-state index in [1.165, 1.54) is 29.5 Å². The summed E-state index contributed by atoms with van der Waals surface area (Å²) in [6, 6.07) is 10.8. The minimum Gasteiger partial charge on any atom is -0.357 e. The molecule has 0 unspecified atom stereocenters. The van der Waals surface area contributed by atoms with Gasteiger partial charge >= 0.3 is 0 Å². The van der Waals surface area contributed by atoms with Crippen LogP contribution in [0.5, 0.6) is 0 Å². The first kappa shape index (κ1) is 21.5. The van der Waals surface area contributed by atoms with E-state index in [1.807, 2.05) is 6.20 Å². The van der Waals surface area contributed by atoms with Crippen molar-refractivity contribution in [2.45, 2.75) is 39.8 Å². The zero-order valence-corrected chi connectivity index (χ0v) is 18.8. The standard InChI is InChI=1S/C21H29N5.HI/c1-16-6-8-19(17(2)12-16)15-25-21(22-3)24-14-18-7-9-20(23-13-18)26-10-4-5-11-26;/h6-9,12-13H,4-5,10-11,14-15H2,1-3H3,(H2,22,24,25);1H. The van der Waals surface area contributed by atoms with E-state index in [0.29, 0.717) is 6.54 Å². The number of guanidine groups is 1. The Morgan fingerprint density at radius 2 is 1.81 bits per heavy atom. The van der Waals surface area contributed by atoms with Gasteiger partial charge in [-0.2, -0.15) is 0 Å². The molecular formula is C21H30IN5. The molecule has 1 aromatic carbocycles. The first-order valence-electron chi connectivity index (χ1n) is 9.36. The highest BCUT2D eigenvalue weighted by molar-refractivity contribution is 14.0. The average Bonchev–Trinajstić information content (AvgIpc) is 3.18. The number of aromatic nitrogens is 1. The molecule has 0 amide bonds. The summed E-state index contributed by atoms with van der Waals surface area (Å²) in [5.74, 6) is 1.89. The fourth-order valence-electron chi connectivity index (χ4n) is 3.28. The van der Waals surface area contributed by atoms with E-state index >= 15 is 0 Å². The molecule has 2 N–H and O–H groups in total. The number of hydrogen-bond donors (Lipinski definition) is 2. The van der Waals surface area contributed by atoms with Crippen molar-refractivity contribution in [1.29, 1.82) is 0 Å². The van der Waals surface area contributed by atoms with Crippen LogP contribution in [0.25, 0.3) is 0 Å². The molecule has 1 saturated heterocycles. The van der Waals surface area contributed by atoms with Crippen molar-refractivity contribution in [2.24, 2.45) is 4.99 Å². The lowest BCUT2D eigenvalue weighted by Crippen LogP contribution is -2.36. The Morgan fingerprint density at radius 3 is 2.44 bits per heavy atom. The van der Waals surface area contributed by atoms with Gasteiger partial charge in [-0.25, -0.2) is 4.98 Å². The molecule has 1 aliphatic rings. The average molecular weight is 479 g/mol. The normalized spacial score (nSPS) is 14.0. The third-order valence-corrected chi connectivity index (χ3v) is 4.87. The maximum Gasteiger partial charge on any atom is 0.191 e. The van der Waals surface area contributed by atoms with E-state index in [-0.39, 0.29) is 24.0 Å². The minimum absolute atomic E-state index is 0. The summed E-state index contributed by atoms with van der Waals surface area (Å²) in [6.45, 7) is 7.98. The van der Waals surface area contributed by atoms with Gasteiger partial charge in [0.15, 0.2) is 5.96 Å². The van der Waals surface area contributed by atoms with Crippen molar-refractivity contribution in [2.75, 3.05) is 25.0 Å². The lowest BCUT2D eigenvalue weighted by molar-refractivity contribution is 0.803. The Bertz CT molecular complexity index is 752. The Morgan fingerprint density at radius 1 is 1.07 bits per heavy atom. The Labute approximate surface area is 179 Å². The number of aliphatic imine (C=N–C) groups is 1. The largest absolute Gasteiger partial charge is 0.357 e. The van der Waals surface area contributed by atoms with Crippen LogP contribution in [0.2, 0.25) is 0 Å². The maximum absolute atomic E-state index is 4.60. The molecule has 0 spiro atoms. The number of hydrogen-bond acceptors (Lipinski definition) is 3. The van der Waals surface area contributed by atoms with Gasteiger partial charge in [-0.3, -0.25) is 4.99 Å². The van der Waals surface area contributed by atoms with Crippen LogP contribution in [0.3, 0.4) is 0 Å². The number of benzene rings is 1. The molecular weight excluding hydrogens is 449 g/mol. The molecule has 146 valence electrons. The Balaban J connectivity index is 0.00000261. The predicted molar refractivity (Wildman–Crippen MR) is 124 cm³/mol. The molecule has 2 heterocycles. The fraction of sp³-hybridized carbons (Fsp3) is 0.429. The zero-order chi connectivity index (χ0) is 18.4. The van der Waals surface area contributed by atoms with E-state index in [4.69, 9.17) is 0 Å². The lowest BCUT2D eigenvalue weighted by Gasteiger charge is -2.17. The quantitative estimate of drug-likeness (QED) is 0.390. The summed E-state index contributed by atoms with van der Waals surface area (Å²) in [5.41, 5.74) is 5.03. The molecule has 0 atom stereocenters. The summed E-state index contributed by atoms with van der Waals surface area (Å²) in [7, 11) is 1.80. The number of anilines is 1. The second kappa shape index (κ2) is 10.5. The summed E-state index contributed by atoms with van der Waals surface area (Å²) in [6.07, 6.45) is 4.50. The molecule has 2 aromatic rings. The number of pyridine rings is 1. The van der Waals surface area contributed by atoms with Gasteiger partial charge in [0.05, 0.1) is 0 Å². The Kier molecular flexibility index (Phi) is 8.34. The highest BCUT2D eigenvalue weighted by atomic mass is 127. The summed E-state index contributed by atoms with van der Waals surface area (Å²) in [4.78, 5) is 11.3. The van der Waals surface area contributed by atoms with Crippen LogP contribution in [0, 0.1) is 13.8 Å². The van der Waals surface area contributed by atoms with E-state index in [9.17, 15) is 0 Å². The zero-order valence-electron chi connectivity index (χ0n) is 16.5. The molecule has 6 heteroatoms. The molecule has 3 rings (SSSR count).